The van der Waals surface area contributed by atoms with Crippen LogP contribution in [0.3, 0.4) is 0 Å². The van der Waals surface area contributed by atoms with E-state index in [1.54, 1.807) is 0 Å². The minimum atomic E-state index is 0.0455. The van der Waals surface area contributed by atoms with Gasteiger partial charge in [0.15, 0.2) is 0 Å². The molecule has 2 aliphatic rings. The molecule has 2 saturated heterocycles. The Bertz CT molecular complexity index is 719. The first-order valence-corrected chi connectivity index (χ1v) is 9.33. The second-order valence-electron chi connectivity index (χ2n) is 6.90. The highest BCUT2D eigenvalue weighted by molar-refractivity contribution is 5.79. The monoisotopic (exact) mass is 356 g/mol. The van der Waals surface area contributed by atoms with Crippen LogP contribution in [-0.4, -0.2) is 48.4 Å². The standard InChI is InChI=1S/C19H24N4O3/c24-17(20-13-16-7-4-12-25-16)14-8-10-23(11-9-14)19-22-21-18(26-19)15-5-2-1-3-6-15/h1-3,5-6,14,16H,4,7-13H2,(H,20,24)/t16-/m1/s1. The van der Waals surface area contributed by atoms with Gasteiger partial charge in [-0.2, -0.15) is 0 Å². The molecule has 1 atom stereocenters. The van der Waals surface area contributed by atoms with Crippen LogP contribution in [0.15, 0.2) is 34.7 Å². The summed E-state index contributed by atoms with van der Waals surface area (Å²) in [6.07, 6.45) is 3.91. The van der Waals surface area contributed by atoms with Gasteiger partial charge in [-0.3, -0.25) is 4.79 Å². The molecule has 0 unspecified atom stereocenters. The van der Waals surface area contributed by atoms with Crippen LogP contribution in [0.1, 0.15) is 25.7 Å². The van der Waals surface area contributed by atoms with Gasteiger partial charge in [-0.25, -0.2) is 0 Å². The molecule has 1 aromatic heterocycles. The predicted molar refractivity (Wildman–Crippen MR) is 96.7 cm³/mol. The molecule has 3 heterocycles. The summed E-state index contributed by atoms with van der Waals surface area (Å²) in [6, 6.07) is 10.3. The molecule has 26 heavy (non-hydrogen) atoms. The van der Waals surface area contributed by atoms with Crippen LogP contribution in [0.4, 0.5) is 6.01 Å². The molecule has 0 radical (unpaired) electrons. The van der Waals surface area contributed by atoms with Crippen LogP contribution >= 0.6 is 0 Å². The van der Waals surface area contributed by atoms with Crippen molar-refractivity contribution in [3.05, 3.63) is 30.3 Å². The molecule has 2 aliphatic heterocycles. The number of ether oxygens (including phenoxy) is 1. The maximum atomic E-state index is 12.4. The van der Waals surface area contributed by atoms with Gasteiger partial charge in [-0.1, -0.05) is 23.3 Å². The number of hydrogen-bond acceptors (Lipinski definition) is 6. The minimum Gasteiger partial charge on any atom is -0.403 e. The normalized spacial score (nSPS) is 21.1. The fraction of sp³-hybridized carbons (Fsp3) is 0.526. The van der Waals surface area contributed by atoms with Gasteiger partial charge < -0.3 is 19.4 Å². The summed E-state index contributed by atoms with van der Waals surface area (Å²) in [5.74, 6) is 0.705. The lowest BCUT2D eigenvalue weighted by Crippen LogP contribution is -2.42. The number of rotatable bonds is 5. The van der Waals surface area contributed by atoms with E-state index in [1.807, 2.05) is 30.3 Å². The molecule has 7 heteroatoms. The number of hydrogen-bond donors (Lipinski definition) is 1. The number of carbonyl (C=O) groups excluding carboxylic acids is 1. The number of nitrogens with one attached hydrogen (secondary N) is 1. The first-order valence-electron chi connectivity index (χ1n) is 9.33. The third kappa shape index (κ3) is 3.88. The fourth-order valence-corrected chi connectivity index (χ4v) is 3.54. The smallest absolute Gasteiger partial charge is 0.318 e. The predicted octanol–water partition coefficient (Wildman–Crippen LogP) is 2.25. The van der Waals surface area contributed by atoms with Gasteiger partial charge >= 0.3 is 6.01 Å². The van der Waals surface area contributed by atoms with E-state index < -0.39 is 0 Å². The molecule has 1 aromatic carbocycles. The van der Waals surface area contributed by atoms with E-state index in [9.17, 15) is 4.79 Å². The Kier molecular flexibility index (Phi) is 5.15. The van der Waals surface area contributed by atoms with Crippen LogP contribution in [0.2, 0.25) is 0 Å². The number of aromatic nitrogens is 2. The number of amides is 1. The molecular formula is C19H24N4O3. The van der Waals surface area contributed by atoms with Crippen molar-refractivity contribution < 1.29 is 13.9 Å². The Morgan fingerprint density at radius 2 is 1.96 bits per heavy atom. The van der Waals surface area contributed by atoms with Gasteiger partial charge in [-0.05, 0) is 37.8 Å². The lowest BCUT2D eigenvalue weighted by molar-refractivity contribution is -0.126. The summed E-state index contributed by atoms with van der Waals surface area (Å²) >= 11 is 0. The van der Waals surface area contributed by atoms with Crippen molar-refractivity contribution >= 4 is 11.9 Å². The highest BCUT2D eigenvalue weighted by atomic mass is 16.5. The van der Waals surface area contributed by atoms with Crippen LogP contribution < -0.4 is 10.2 Å². The maximum Gasteiger partial charge on any atom is 0.318 e. The van der Waals surface area contributed by atoms with Crippen molar-refractivity contribution in [3.63, 3.8) is 0 Å². The van der Waals surface area contributed by atoms with Gasteiger partial charge in [0.1, 0.15) is 0 Å². The van der Waals surface area contributed by atoms with Crippen LogP contribution in [-0.2, 0) is 9.53 Å². The molecule has 7 nitrogen and oxygen atoms in total. The third-order valence-electron chi connectivity index (χ3n) is 5.10. The lowest BCUT2D eigenvalue weighted by atomic mass is 9.96. The summed E-state index contributed by atoms with van der Waals surface area (Å²) < 4.78 is 11.4. The third-order valence-corrected chi connectivity index (χ3v) is 5.10. The number of nitrogens with zero attached hydrogens (tertiary/aromatic N) is 3. The SMILES string of the molecule is O=C(NC[C@H]1CCCO1)C1CCN(c2nnc(-c3ccccc3)o2)CC1. The van der Waals surface area contributed by atoms with E-state index in [4.69, 9.17) is 9.15 Å². The topological polar surface area (TPSA) is 80.5 Å². The summed E-state index contributed by atoms with van der Waals surface area (Å²) in [6.45, 7) is 2.93. The summed E-state index contributed by atoms with van der Waals surface area (Å²) in [5.41, 5.74) is 0.912. The van der Waals surface area contributed by atoms with Crippen molar-refractivity contribution in [2.75, 3.05) is 31.1 Å². The molecule has 2 fully saturated rings. The highest BCUT2D eigenvalue weighted by Crippen LogP contribution is 2.26. The second kappa shape index (κ2) is 7.86. The first kappa shape index (κ1) is 17.0. The van der Waals surface area contributed by atoms with E-state index in [2.05, 4.69) is 20.4 Å². The van der Waals surface area contributed by atoms with Gasteiger partial charge in [0.2, 0.25) is 11.8 Å². The van der Waals surface area contributed by atoms with Crippen molar-refractivity contribution in [3.8, 4) is 11.5 Å². The van der Waals surface area contributed by atoms with Crippen molar-refractivity contribution in [2.45, 2.75) is 31.8 Å². The number of carbonyl (C=O) groups is 1. The number of anilines is 1. The molecule has 138 valence electrons. The molecule has 4 rings (SSSR count). The molecule has 2 aromatic rings. The Morgan fingerprint density at radius 1 is 1.15 bits per heavy atom. The van der Waals surface area contributed by atoms with E-state index in [1.165, 1.54) is 0 Å². The molecule has 0 bridgehead atoms. The molecular weight excluding hydrogens is 332 g/mol. The van der Waals surface area contributed by atoms with E-state index in [-0.39, 0.29) is 17.9 Å². The Balaban J connectivity index is 1.28. The Hall–Kier alpha value is -2.41. The maximum absolute atomic E-state index is 12.4. The van der Waals surface area contributed by atoms with Crippen molar-refractivity contribution in [1.29, 1.82) is 0 Å². The zero-order chi connectivity index (χ0) is 17.8. The zero-order valence-electron chi connectivity index (χ0n) is 14.8. The van der Waals surface area contributed by atoms with Gasteiger partial charge in [0.25, 0.3) is 0 Å². The van der Waals surface area contributed by atoms with E-state index in [0.717, 1.165) is 50.9 Å². The van der Waals surface area contributed by atoms with Gasteiger partial charge in [0.05, 0.1) is 6.10 Å². The Labute approximate surface area is 152 Å². The number of benzene rings is 1. The first-order chi connectivity index (χ1) is 12.8. The zero-order valence-corrected chi connectivity index (χ0v) is 14.8. The average molecular weight is 356 g/mol. The lowest BCUT2D eigenvalue weighted by Gasteiger charge is -2.30. The molecule has 0 spiro atoms. The van der Waals surface area contributed by atoms with Gasteiger partial charge in [0, 0.05) is 37.7 Å². The van der Waals surface area contributed by atoms with Gasteiger partial charge in [-0.15, -0.1) is 5.10 Å². The minimum absolute atomic E-state index is 0.0455. The van der Waals surface area contributed by atoms with Crippen LogP contribution in [0.5, 0.6) is 0 Å². The molecule has 0 aliphatic carbocycles. The molecule has 0 saturated carbocycles. The second-order valence-corrected chi connectivity index (χ2v) is 6.90. The largest absolute Gasteiger partial charge is 0.403 e. The molecule has 1 N–H and O–H groups in total. The van der Waals surface area contributed by atoms with E-state index in [0.29, 0.717) is 18.5 Å². The van der Waals surface area contributed by atoms with E-state index >= 15 is 0 Å². The van der Waals surface area contributed by atoms with Crippen molar-refractivity contribution in [2.24, 2.45) is 5.92 Å². The Morgan fingerprint density at radius 3 is 2.69 bits per heavy atom. The summed E-state index contributed by atoms with van der Waals surface area (Å²) in [4.78, 5) is 14.4. The van der Waals surface area contributed by atoms with Crippen molar-refractivity contribution in [1.82, 2.24) is 15.5 Å². The van der Waals surface area contributed by atoms with Crippen LogP contribution in [0, 0.1) is 5.92 Å². The highest BCUT2D eigenvalue weighted by Gasteiger charge is 2.28. The summed E-state index contributed by atoms with van der Waals surface area (Å²) in [7, 11) is 0. The summed E-state index contributed by atoms with van der Waals surface area (Å²) in [5, 5.41) is 11.3. The van der Waals surface area contributed by atoms with Crippen LogP contribution in [0.25, 0.3) is 11.5 Å². The fourth-order valence-electron chi connectivity index (χ4n) is 3.54. The number of piperidine rings is 1. The quantitative estimate of drug-likeness (QED) is 0.885. The molecule has 1 amide bonds. The average Bonchev–Trinajstić information content (AvgIpc) is 3.39.